The fourth-order valence-corrected chi connectivity index (χ4v) is 5.32. The topological polar surface area (TPSA) is 88.4 Å². The van der Waals surface area contributed by atoms with Crippen molar-refractivity contribution < 1.29 is 23.7 Å². The van der Waals surface area contributed by atoms with Crippen molar-refractivity contribution >= 4 is 35.0 Å². The van der Waals surface area contributed by atoms with Crippen molar-refractivity contribution in [1.82, 2.24) is 4.57 Å². The first-order chi connectivity index (χ1) is 16.9. The highest BCUT2D eigenvalue weighted by Gasteiger charge is 2.33. The first kappa shape index (κ1) is 23.2. The van der Waals surface area contributed by atoms with Gasteiger partial charge in [0.25, 0.3) is 5.56 Å². The van der Waals surface area contributed by atoms with Gasteiger partial charge in [-0.05, 0) is 49.2 Å². The summed E-state index contributed by atoms with van der Waals surface area (Å²) < 4.78 is 23.3. The van der Waals surface area contributed by atoms with E-state index in [1.165, 1.54) is 15.9 Å². The van der Waals surface area contributed by atoms with Gasteiger partial charge in [-0.25, -0.2) is 9.79 Å². The Bertz CT molecular complexity index is 1540. The summed E-state index contributed by atoms with van der Waals surface area (Å²) >= 11 is 7.66. The molecule has 35 heavy (non-hydrogen) atoms. The van der Waals surface area contributed by atoms with Crippen LogP contribution in [0.15, 0.2) is 57.5 Å². The van der Waals surface area contributed by atoms with Crippen LogP contribution in [0.4, 0.5) is 0 Å². The quantitative estimate of drug-likeness (QED) is 0.488. The number of allylic oxidation sites excluding steroid dienone is 1. The number of rotatable bonds is 5. The summed E-state index contributed by atoms with van der Waals surface area (Å²) in [4.78, 5) is 31.7. The van der Waals surface area contributed by atoms with Crippen LogP contribution in [0, 0.1) is 0 Å². The molecule has 3 heterocycles. The maximum absolute atomic E-state index is 13.7. The zero-order valence-electron chi connectivity index (χ0n) is 19.2. The van der Waals surface area contributed by atoms with Crippen molar-refractivity contribution in [2.45, 2.75) is 19.9 Å². The number of carbonyl (C=O) groups excluding carboxylic acids is 1. The van der Waals surface area contributed by atoms with Crippen LogP contribution in [0.3, 0.4) is 0 Å². The van der Waals surface area contributed by atoms with Crippen LogP contribution in [0.2, 0.25) is 5.02 Å². The fourth-order valence-electron chi connectivity index (χ4n) is 4.08. The zero-order valence-corrected chi connectivity index (χ0v) is 20.7. The Balaban J connectivity index is 1.70. The van der Waals surface area contributed by atoms with E-state index < -0.39 is 12.0 Å². The number of thiazole rings is 1. The minimum atomic E-state index is -0.703. The van der Waals surface area contributed by atoms with E-state index in [-0.39, 0.29) is 19.0 Å². The molecule has 3 aromatic rings. The molecule has 1 atom stereocenters. The highest BCUT2D eigenvalue weighted by Crippen LogP contribution is 2.37. The lowest BCUT2D eigenvalue weighted by Crippen LogP contribution is -2.39. The van der Waals surface area contributed by atoms with Crippen LogP contribution < -0.4 is 29.1 Å². The second kappa shape index (κ2) is 9.24. The molecule has 0 saturated heterocycles. The Kier molecular flexibility index (Phi) is 6.12. The molecule has 0 unspecified atom stereocenters. The standard InChI is InChI=1S/C25H21ClN2O6S/c1-4-32-24(30)21-13(2)27-25-28(22(21)14-5-7-16(31-3)8-6-14)23(29)20(35-25)10-15-9-18-19(11-17(15)26)34-12-33-18/h5-11,22H,4,12H2,1-3H3/b20-10-/t22-/m0/s1. The van der Waals surface area contributed by atoms with Crippen molar-refractivity contribution in [2.75, 3.05) is 20.5 Å². The van der Waals surface area contributed by atoms with Crippen LogP contribution in [0.25, 0.3) is 6.08 Å². The fraction of sp³-hybridized carbons (Fsp3) is 0.240. The molecule has 8 nitrogen and oxygen atoms in total. The van der Waals surface area contributed by atoms with Gasteiger partial charge in [0.1, 0.15) is 5.75 Å². The van der Waals surface area contributed by atoms with E-state index in [0.29, 0.717) is 48.4 Å². The summed E-state index contributed by atoms with van der Waals surface area (Å²) in [5.41, 5.74) is 1.87. The Hall–Kier alpha value is -3.56. The van der Waals surface area contributed by atoms with Gasteiger partial charge in [0.15, 0.2) is 16.3 Å². The summed E-state index contributed by atoms with van der Waals surface area (Å²) in [6.45, 7) is 3.81. The number of fused-ring (bicyclic) bond motifs is 2. The Labute approximate surface area is 209 Å². The third-order valence-corrected chi connectivity index (χ3v) is 7.04. The summed E-state index contributed by atoms with van der Waals surface area (Å²) in [6.07, 6.45) is 1.70. The second-order valence-corrected chi connectivity index (χ2v) is 9.22. The highest BCUT2D eigenvalue weighted by atomic mass is 35.5. The molecule has 0 saturated carbocycles. The van der Waals surface area contributed by atoms with Crippen LogP contribution >= 0.6 is 22.9 Å². The van der Waals surface area contributed by atoms with Gasteiger partial charge in [-0.1, -0.05) is 35.1 Å². The molecule has 0 fully saturated rings. The Morgan fingerprint density at radius 3 is 2.66 bits per heavy atom. The summed E-state index contributed by atoms with van der Waals surface area (Å²) in [6, 6.07) is 9.92. The average Bonchev–Trinajstić information content (AvgIpc) is 3.42. The number of hydrogen-bond donors (Lipinski definition) is 0. The number of benzene rings is 2. The van der Waals surface area contributed by atoms with Gasteiger partial charge in [0.2, 0.25) is 6.79 Å². The van der Waals surface area contributed by atoms with E-state index in [1.807, 2.05) is 12.1 Å². The van der Waals surface area contributed by atoms with Crippen molar-refractivity contribution in [3.63, 3.8) is 0 Å². The minimum Gasteiger partial charge on any atom is -0.497 e. The number of aromatic nitrogens is 1. The number of hydrogen-bond acceptors (Lipinski definition) is 8. The van der Waals surface area contributed by atoms with Gasteiger partial charge in [0, 0.05) is 6.07 Å². The molecular weight excluding hydrogens is 492 g/mol. The van der Waals surface area contributed by atoms with Crippen molar-refractivity contribution in [1.29, 1.82) is 0 Å². The van der Waals surface area contributed by atoms with E-state index in [2.05, 4.69) is 4.99 Å². The third kappa shape index (κ3) is 4.11. The molecule has 0 radical (unpaired) electrons. The van der Waals surface area contributed by atoms with Crippen LogP contribution in [0.5, 0.6) is 17.2 Å². The average molecular weight is 513 g/mol. The number of methoxy groups -OCH3 is 1. The molecule has 2 aliphatic rings. The van der Waals surface area contributed by atoms with Crippen molar-refractivity contribution in [3.05, 3.63) is 83.5 Å². The van der Waals surface area contributed by atoms with E-state index in [1.54, 1.807) is 51.3 Å². The van der Waals surface area contributed by atoms with Crippen LogP contribution in [0.1, 0.15) is 31.0 Å². The predicted molar refractivity (Wildman–Crippen MR) is 131 cm³/mol. The van der Waals surface area contributed by atoms with Gasteiger partial charge in [-0.3, -0.25) is 9.36 Å². The van der Waals surface area contributed by atoms with Crippen molar-refractivity contribution in [2.24, 2.45) is 4.99 Å². The van der Waals surface area contributed by atoms with Gasteiger partial charge < -0.3 is 18.9 Å². The highest BCUT2D eigenvalue weighted by molar-refractivity contribution is 7.07. The van der Waals surface area contributed by atoms with E-state index in [9.17, 15) is 9.59 Å². The van der Waals surface area contributed by atoms with Gasteiger partial charge in [-0.15, -0.1) is 0 Å². The van der Waals surface area contributed by atoms with Crippen LogP contribution in [-0.2, 0) is 9.53 Å². The number of carbonyl (C=O) groups is 1. The second-order valence-electron chi connectivity index (χ2n) is 7.80. The molecular formula is C25H21ClN2O6S. The molecule has 0 N–H and O–H groups in total. The lowest BCUT2D eigenvalue weighted by molar-refractivity contribution is -0.139. The molecule has 180 valence electrons. The monoisotopic (exact) mass is 512 g/mol. The molecule has 2 aromatic carbocycles. The lowest BCUT2D eigenvalue weighted by Gasteiger charge is -2.24. The van der Waals surface area contributed by atoms with E-state index >= 15 is 0 Å². The molecule has 10 heteroatoms. The number of ether oxygens (including phenoxy) is 4. The van der Waals surface area contributed by atoms with Crippen LogP contribution in [-0.4, -0.2) is 31.0 Å². The van der Waals surface area contributed by atoms with E-state index in [4.69, 9.17) is 30.5 Å². The Morgan fingerprint density at radius 2 is 1.97 bits per heavy atom. The first-order valence-corrected chi connectivity index (χ1v) is 12.0. The molecule has 0 amide bonds. The largest absolute Gasteiger partial charge is 0.497 e. The Morgan fingerprint density at radius 1 is 1.26 bits per heavy atom. The predicted octanol–water partition coefficient (Wildman–Crippen LogP) is 3.19. The van der Waals surface area contributed by atoms with Gasteiger partial charge in [0.05, 0.1) is 40.6 Å². The zero-order chi connectivity index (χ0) is 24.7. The lowest BCUT2D eigenvalue weighted by atomic mass is 9.96. The minimum absolute atomic E-state index is 0.120. The number of esters is 1. The molecule has 0 aliphatic carbocycles. The molecule has 0 spiro atoms. The summed E-state index contributed by atoms with van der Waals surface area (Å²) in [7, 11) is 1.58. The SMILES string of the molecule is CCOC(=O)C1=C(C)N=c2s/c(=C\c3cc4c(cc3Cl)OCO4)c(=O)n2[C@H]1c1ccc(OC)cc1. The summed E-state index contributed by atoms with van der Waals surface area (Å²) in [5, 5.41) is 0.426. The van der Waals surface area contributed by atoms with Crippen molar-refractivity contribution in [3.8, 4) is 17.2 Å². The van der Waals surface area contributed by atoms with E-state index in [0.717, 1.165) is 5.56 Å². The summed E-state index contributed by atoms with van der Waals surface area (Å²) in [5.74, 6) is 1.27. The molecule has 1 aromatic heterocycles. The third-order valence-electron chi connectivity index (χ3n) is 5.73. The maximum Gasteiger partial charge on any atom is 0.338 e. The number of halogens is 1. The maximum atomic E-state index is 13.7. The number of nitrogens with zero attached hydrogens (tertiary/aromatic N) is 2. The van der Waals surface area contributed by atoms with Gasteiger partial charge in [-0.2, -0.15) is 0 Å². The molecule has 2 aliphatic heterocycles. The smallest absolute Gasteiger partial charge is 0.338 e. The van der Waals surface area contributed by atoms with Gasteiger partial charge >= 0.3 is 5.97 Å². The normalized spacial score (nSPS) is 16.7. The molecule has 0 bridgehead atoms. The first-order valence-electron chi connectivity index (χ1n) is 10.8. The molecule has 5 rings (SSSR count).